The predicted octanol–water partition coefficient (Wildman–Crippen LogP) is 4.18. The van der Waals surface area contributed by atoms with E-state index in [1.54, 1.807) is 29.2 Å². The molecule has 1 amide bonds. The van der Waals surface area contributed by atoms with Gasteiger partial charge in [0.15, 0.2) is 0 Å². The largest absolute Gasteiger partial charge is 0.493 e. The summed E-state index contributed by atoms with van der Waals surface area (Å²) in [6, 6.07) is 20.8. The minimum absolute atomic E-state index is 0.0855. The van der Waals surface area contributed by atoms with E-state index in [0.29, 0.717) is 36.8 Å². The summed E-state index contributed by atoms with van der Waals surface area (Å²) in [5.74, 6) is 2.73. The molecule has 0 radical (unpaired) electrons. The van der Waals surface area contributed by atoms with E-state index < -0.39 is 16.1 Å². The van der Waals surface area contributed by atoms with Crippen molar-refractivity contribution in [3.63, 3.8) is 0 Å². The summed E-state index contributed by atoms with van der Waals surface area (Å²) >= 11 is 6.29. The topological polar surface area (TPSA) is 102 Å². The second-order valence-electron chi connectivity index (χ2n) is 9.08. The molecule has 0 heterocycles. The minimum Gasteiger partial charge on any atom is -0.493 e. The Morgan fingerprint density at radius 1 is 1.10 bits per heavy atom. The van der Waals surface area contributed by atoms with Crippen LogP contribution in [0.4, 0.5) is 0 Å². The van der Waals surface area contributed by atoms with E-state index in [9.17, 15) is 13.2 Å². The Balaban J connectivity index is 1.81. The highest BCUT2D eigenvalue weighted by Crippen LogP contribution is 2.25. The van der Waals surface area contributed by atoms with Crippen LogP contribution in [0.2, 0.25) is 5.02 Å². The summed E-state index contributed by atoms with van der Waals surface area (Å²) in [6.07, 6.45) is 6.90. The second kappa shape index (κ2) is 14.7. The number of benzene rings is 3. The monoisotopic (exact) mass is 567 g/mol. The molecule has 0 aliphatic carbocycles. The number of hydrogen-bond donors (Lipinski definition) is 2. The van der Waals surface area contributed by atoms with E-state index in [4.69, 9.17) is 28.5 Å². The standard InChI is InChI=1S/C30H34ClN3O4S/c1-3-17-33-39(36,37)27-13-10-23(11-14-27)16-18-34(30(35)28(32)20-24-8-6-5-7-9-24)22-25-21-26(31)12-15-29(25)38-19-4-2/h1,5-15,21,28,33H,4,16-20,22,32H2,2H3/t28-/m1/s1. The zero-order chi connectivity index (χ0) is 28.3. The number of terminal acetylenes is 1. The molecule has 0 fully saturated rings. The molecule has 1 atom stereocenters. The van der Waals surface area contributed by atoms with Crippen molar-refractivity contribution in [2.45, 2.75) is 43.7 Å². The van der Waals surface area contributed by atoms with Gasteiger partial charge in [0.1, 0.15) is 5.75 Å². The Hall–Kier alpha value is -3.35. The van der Waals surface area contributed by atoms with Gasteiger partial charge in [0.25, 0.3) is 0 Å². The molecule has 39 heavy (non-hydrogen) atoms. The van der Waals surface area contributed by atoms with Crippen LogP contribution in [0.3, 0.4) is 0 Å². The van der Waals surface area contributed by atoms with E-state index in [-0.39, 0.29) is 23.9 Å². The van der Waals surface area contributed by atoms with Gasteiger partial charge in [-0.25, -0.2) is 8.42 Å². The maximum atomic E-state index is 13.6. The summed E-state index contributed by atoms with van der Waals surface area (Å²) in [5.41, 5.74) is 9.03. The van der Waals surface area contributed by atoms with Crippen LogP contribution >= 0.6 is 11.6 Å². The van der Waals surface area contributed by atoms with E-state index in [0.717, 1.165) is 23.1 Å². The molecule has 7 nitrogen and oxygen atoms in total. The fourth-order valence-electron chi connectivity index (χ4n) is 4.01. The number of amides is 1. The van der Waals surface area contributed by atoms with Crippen molar-refractivity contribution in [2.75, 3.05) is 19.7 Å². The fraction of sp³-hybridized carbons (Fsp3) is 0.300. The first kappa shape index (κ1) is 30.2. The molecule has 3 aromatic carbocycles. The van der Waals surface area contributed by atoms with Gasteiger partial charge in [0.2, 0.25) is 15.9 Å². The number of hydrogen-bond acceptors (Lipinski definition) is 5. The fourth-order valence-corrected chi connectivity index (χ4v) is 5.14. The Kier molecular flexibility index (Phi) is 11.4. The number of nitrogens with two attached hydrogens (primary N) is 1. The predicted molar refractivity (Wildman–Crippen MR) is 155 cm³/mol. The molecule has 3 aromatic rings. The molecule has 3 rings (SSSR count). The Labute approximate surface area is 236 Å². The van der Waals surface area contributed by atoms with Gasteiger partial charge in [-0.1, -0.05) is 66.9 Å². The van der Waals surface area contributed by atoms with Crippen LogP contribution in [0.5, 0.6) is 5.75 Å². The maximum Gasteiger partial charge on any atom is 0.241 e. The molecule has 0 aliphatic heterocycles. The van der Waals surface area contributed by atoms with Crippen molar-refractivity contribution in [3.8, 4) is 18.1 Å². The third kappa shape index (κ3) is 9.12. The highest BCUT2D eigenvalue weighted by molar-refractivity contribution is 7.89. The van der Waals surface area contributed by atoms with E-state index in [1.807, 2.05) is 43.3 Å². The summed E-state index contributed by atoms with van der Waals surface area (Å²) in [4.78, 5) is 15.4. The van der Waals surface area contributed by atoms with Gasteiger partial charge >= 0.3 is 0 Å². The molecule has 0 saturated heterocycles. The van der Waals surface area contributed by atoms with Crippen LogP contribution < -0.4 is 15.2 Å². The van der Waals surface area contributed by atoms with Crippen molar-refractivity contribution in [2.24, 2.45) is 5.73 Å². The summed E-state index contributed by atoms with van der Waals surface area (Å²) in [7, 11) is -3.68. The molecule has 206 valence electrons. The van der Waals surface area contributed by atoms with Gasteiger partial charge < -0.3 is 15.4 Å². The van der Waals surface area contributed by atoms with Gasteiger partial charge in [0.05, 0.1) is 24.1 Å². The van der Waals surface area contributed by atoms with Gasteiger partial charge in [-0.3, -0.25) is 4.79 Å². The third-order valence-electron chi connectivity index (χ3n) is 6.04. The first-order valence-corrected chi connectivity index (χ1v) is 14.6. The van der Waals surface area contributed by atoms with Gasteiger partial charge in [-0.05, 0) is 60.7 Å². The van der Waals surface area contributed by atoms with E-state index in [1.165, 1.54) is 12.1 Å². The van der Waals surface area contributed by atoms with Crippen molar-refractivity contribution < 1.29 is 17.9 Å². The average Bonchev–Trinajstić information content (AvgIpc) is 2.94. The van der Waals surface area contributed by atoms with Crippen LogP contribution in [-0.4, -0.2) is 45.0 Å². The van der Waals surface area contributed by atoms with Gasteiger partial charge in [-0.2, -0.15) is 4.72 Å². The SMILES string of the molecule is C#CCNS(=O)(=O)c1ccc(CCN(Cc2cc(Cl)ccc2OCCC)C(=O)[C@H](N)Cc2ccccc2)cc1. The highest BCUT2D eigenvalue weighted by Gasteiger charge is 2.23. The molecular formula is C30H34ClN3O4S. The first-order valence-electron chi connectivity index (χ1n) is 12.7. The van der Waals surface area contributed by atoms with E-state index >= 15 is 0 Å². The number of ether oxygens (including phenoxy) is 1. The Morgan fingerprint density at radius 2 is 1.82 bits per heavy atom. The number of nitrogens with one attached hydrogen (secondary N) is 1. The molecule has 0 bridgehead atoms. The van der Waals surface area contributed by atoms with Crippen LogP contribution in [0.1, 0.15) is 30.0 Å². The molecule has 0 saturated carbocycles. The smallest absolute Gasteiger partial charge is 0.241 e. The number of halogens is 1. The maximum absolute atomic E-state index is 13.6. The first-order chi connectivity index (χ1) is 18.7. The summed E-state index contributed by atoms with van der Waals surface area (Å²) in [6.45, 7) is 3.11. The van der Waals surface area contributed by atoms with Gasteiger partial charge in [-0.15, -0.1) is 6.42 Å². The Bertz CT molecular complexity index is 1370. The lowest BCUT2D eigenvalue weighted by Gasteiger charge is -2.27. The minimum atomic E-state index is -3.68. The quantitative estimate of drug-likeness (QED) is 0.285. The molecule has 9 heteroatoms. The normalized spacial score (nSPS) is 11.9. The van der Waals surface area contributed by atoms with E-state index in [2.05, 4.69) is 10.6 Å². The number of rotatable bonds is 14. The number of sulfonamides is 1. The van der Waals surface area contributed by atoms with Crippen LogP contribution in [0.25, 0.3) is 0 Å². The van der Waals surface area contributed by atoms with Crippen LogP contribution in [0, 0.1) is 12.3 Å². The zero-order valence-corrected chi connectivity index (χ0v) is 23.5. The second-order valence-corrected chi connectivity index (χ2v) is 11.3. The number of nitrogens with zero attached hydrogens (tertiary/aromatic N) is 1. The zero-order valence-electron chi connectivity index (χ0n) is 22.0. The van der Waals surface area contributed by atoms with Crippen molar-refractivity contribution in [3.05, 3.63) is 94.5 Å². The van der Waals surface area contributed by atoms with Crippen molar-refractivity contribution in [1.82, 2.24) is 9.62 Å². The Morgan fingerprint density at radius 3 is 2.49 bits per heavy atom. The van der Waals surface area contributed by atoms with Crippen molar-refractivity contribution in [1.29, 1.82) is 0 Å². The van der Waals surface area contributed by atoms with Gasteiger partial charge in [0, 0.05) is 23.7 Å². The third-order valence-corrected chi connectivity index (χ3v) is 7.69. The van der Waals surface area contributed by atoms with Crippen LogP contribution in [-0.2, 0) is 34.2 Å². The molecule has 0 spiro atoms. The highest BCUT2D eigenvalue weighted by atomic mass is 35.5. The molecule has 0 unspecified atom stereocenters. The molecule has 0 aromatic heterocycles. The lowest BCUT2D eigenvalue weighted by atomic mass is 10.0. The number of carbonyl (C=O) groups is 1. The molecular weight excluding hydrogens is 534 g/mol. The average molecular weight is 568 g/mol. The lowest BCUT2D eigenvalue weighted by molar-refractivity contribution is -0.133. The lowest BCUT2D eigenvalue weighted by Crippen LogP contribution is -2.45. The summed E-state index contributed by atoms with van der Waals surface area (Å²) < 4.78 is 32.9. The summed E-state index contributed by atoms with van der Waals surface area (Å²) in [5, 5.41) is 0.546. The van der Waals surface area contributed by atoms with Crippen molar-refractivity contribution >= 4 is 27.5 Å². The molecule has 0 aliphatic rings. The number of carbonyl (C=O) groups excluding carboxylic acids is 1. The molecule has 3 N–H and O–H groups in total. The van der Waals surface area contributed by atoms with Crippen LogP contribution in [0.15, 0.2) is 77.7 Å².